The van der Waals surface area contributed by atoms with E-state index in [4.69, 9.17) is 4.74 Å². The molecule has 0 spiro atoms. The molecule has 0 aliphatic rings. The van der Waals surface area contributed by atoms with E-state index in [1.165, 1.54) is 19.3 Å². The maximum Gasteiger partial charge on any atom is 0.326 e. The molecular formula is C17H36N2O2. The highest BCUT2D eigenvalue weighted by molar-refractivity contribution is 5.80. The number of esters is 1. The van der Waals surface area contributed by atoms with E-state index < -0.39 is 5.54 Å². The Labute approximate surface area is 131 Å². The molecule has 0 amide bonds. The smallest absolute Gasteiger partial charge is 0.326 e. The second kappa shape index (κ2) is 11.0. The van der Waals surface area contributed by atoms with E-state index >= 15 is 0 Å². The largest absolute Gasteiger partial charge is 0.465 e. The summed E-state index contributed by atoms with van der Waals surface area (Å²) >= 11 is 0. The number of nitrogens with one attached hydrogen (secondary N) is 1. The van der Waals surface area contributed by atoms with Gasteiger partial charge in [-0.1, -0.05) is 19.8 Å². The quantitative estimate of drug-likeness (QED) is 0.444. The molecule has 0 aliphatic heterocycles. The van der Waals surface area contributed by atoms with Gasteiger partial charge in [0.25, 0.3) is 0 Å². The van der Waals surface area contributed by atoms with E-state index in [2.05, 4.69) is 31.0 Å². The number of ether oxygens (including phenoxy) is 1. The van der Waals surface area contributed by atoms with Crippen molar-refractivity contribution < 1.29 is 9.53 Å². The molecule has 21 heavy (non-hydrogen) atoms. The monoisotopic (exact) mass is 300 g/mol. The van der Waals surface area contributed by atoms with Crippen LogP contribution in [0.3, 0.4) is 0 Å². The van der Waals surface area contributed by atoms with Gasteiger partial charge in [-0.15, -0.1) is 0 Å². The average molecular weight is 300 g/mol. The number of hydrogen-bond acceptors (Lipinski definition) is 4. The summed E-state index contributed by atoms with van der Waals surface area (Å²) in [5.74, 6) is -0.144. The number of unbranched alkanes of at least 4 members (excludes halogenated alkanes) is 2. The van der Waals surface area contributed by atoms with Crippen molar-refractivity contribution in [1.29, 1.82) is 0 Å². The fourth-order valence-electron chi connectivity index (χ4n) is 2.45. The molecule has 0 aromatic carbocycles. The molecule has 1 N–H and O–H groups in total. The molecule has 1 atom stereocenters. The standard InChI is InChI=1S/C17H36N2O2/c1-7-9-10-13-19(15(3)4)14-11-12-17(5,18-6)16(20)21-8-2/h15,18H,7-14H2,1-6H3. The number of carbonyl (C=O) groups is 1. The van der Waals surface area contributed by atoms with Gasteiger partial charge < -0.3 is 15.0 Å². The zero-order chi connectivity index (χ0) is 16.3. The molecule has 1 unspecified atom stereocenters. The highest BCUT2D eigenvalue weighted by Gasteiger charge is 2.32. The van der Waals surface area contributed by atoms with Crippen LogP contribution in [0, 0.1) is 0 Å². The van der Waals surface area contributed by atoms with Crippen molar-refractivity contribution in [3.05, 3.63) is 0 Å². The van der Waals surface area contributed by atoms with Crippen LogP contribution in [0.5, 0.6) is 0 Å². The van der Waals surface area contributed by atoms with Gasteiger partial charge in [-0.25, -0.2) is 0 Å². The predicted octanol–water partition coefficient (Wildman–Crippen LogP) is 3.21. The first-order valence-corrected chi connectivity index (χ1v) is 8.51. The van der Waals surface area contributed by atoms with Crippen molar-refractivity contribution in [2.45, 2.75) is 78.3 Å². The molecule has 0 saturated carbocycles. The highest BCUT2D eigenvalue weighted by atomic mass is 16.5. The molecule has 0 aromatic rings. The third-order valence-electron chi connectivity index (χ3n) is 4.18. The number of carbonyl (C=O) groups excluding carboxylic acids is 1. The first-order chi connectivity index (χ1) is 9.91. The fourth-order valence-corrected chi connectivity index (χ4v) is 2.45. The number of hydrogen-bond donors (Lipinski definition) is 1. The van der Waals surface area contributed by atoms with Crippen molar-refractivity contribution in [1.82, 2.24) is 10.2 Å². The van der Waals surface area contributed by atoms with E-state index in [1.807, 2.05) is 20.9 Å². The second-order valence-corrected chi connectivity index (χ2v) is 6.24. The van der Waals surface area contributed by atoms with Crippen LogP contribution in [0.1, 0.15) is 66.7 Å². The van der Waals surface area contributed by atoms with Gasteiger partial charge in [0, 0.05) is 6.04 Å². The van der Waals surface area contributed by atoms with Crippen LogP contribution in [0.25, 0.3) is 0 Å². The van der Waals surface area contributed by atoms with Crippen molar-refractivity contribution >= 4 is 5.97 Å². The number of nitrogens with zero attached hydrogens (tertiary/aromatic N) is 1. The Kier molecular flexibility index (Phi) is 10.7. The summed E-state index contributed by atoms with van der Waals surface area (Å²) in [5, 5.41) is 3.13. The fraction of sp³-hybridized carbons (Fsp3) is 0.941. The molecule has 0 fully saturated rings. The van der Waals surface area contributed by atoms with Crippen molar-refractivity contribution in [2.24, 2.45) is 0 Å². The zero-order valence-corrected chi connectivity index (χ0v) is 15.0. The van der Waals surface area contributed by atoms with E-state index in [0.717, 1.165) is 25.9 Å². The van der Waals surface area contributed by atoms with Crippen LogP contribution in [-0.2, 0) is 9.53 Å². The van der Waals surface area contributed by atoms with Crippen LogP contribution >= 0.6 is 0 Å². The Morgan fingerprint density at radius 3 is 2.29 bits per heavy atom. The molecule has 126 valence electrons. The minimum atomic E-state index is -0.567. The SMILES string of the molecule is CCCCCN(CCCC(C)(NC)C(=O)OCC)C(C)C. The Morgan fingerprint density at radius 1 is 1.19 bits per heavy atom. The van der Waals surface area contributed by atoms with Gasteiger partial charge in [0.05, 0.1) is 6.61 Å². The highest BCUT2D eigenvalue weighted by Crippen LogP contribution is 2.16. The normalized spacial score (nSPS) is 14.5. The minimum Gasteiger partial charge on any atom is -0.465 e. The first kappa shape index (κ1) is 20.4. The summed E-state index contributed by atoms with van der Waals surface area (Å²) in [6.45, 7) is 13.1. The molecule has 4 heteroatoms. The summed E-state index contributed by atoms with van der Waals surface area (Å²) in [7, 11) is 1.83. The molecule has 0 saturated heterocycles. The zero-order valence-electron chi connectivity index (χ0n) is 15.0. The van der Waals surface area contributed by atoms with Crippen LogP contribution < -0.4 is 5.32 Å². The Bertz CT molecular complexity index is 282. The summed E-state index contributed by atoms with van der Waals surface area (Å²) < 4.78 is 5.17. The molecule has 0 heterocycles. The molecule has 0 aliphatic carbocycles. The van der Waals surface area contributed by atoms with Crippen LogP contribution in [0.4, 0.5) is 0 Å². The summed E-state index contributed by atoms with van der Waals surface area (Å²) in [5.41, 5.74) is -0.567. The number of likely N-dealkylation sites (N-methyl/N-ethyl adjacent to an activating group) is 1. The van der Waals surface area contributed by atoms with Crippen LogP contribution in [-0.4, -0.2) is 49.2 Å². The lowest BCUT2D eigenvalue weighted by molar-refractivity contribution is -0.150. The lowest BCUT2D eigenvalue weighted by atomic mass is 9.95. The Balaban J connectivity index is 4.29. The molecule has 0 rings (SSSR count). The Hall–Kier alpha value is -0.610. The van der Waals surface area contributed by atoms with Gasteiger partial charge >= 0.3 is 5.97 Å². The van der Waals surface area contributed by atoms with E-state index in [1.54, 1.807) is 0 Å². The number of rotatable bonds is 12. The summed E-state index contributed by atoms with van der Waals surface area (Å²) in [6, 6.07) is 0.560. The molecule has 4 nitrogen and oxygen atoms in total. The minimum absolute atomic E-state index is 0.144. The van der Waals surface area contributed by atoms with Gasteiger partial charge in [-0.05, 0) is 67.1 Å². The van der Waals surface area contributed by atoms with Crippen molar-refractivity contribution in [2.75, 3.05) is 26.7 Å². The van der Waals surface area contributed by atoms with E-state index in [-0.39, 0.29) is 5.97 Å². The van der Waals surface area contributed by atoms with Gasteiger partial charge in [-0.3, -0.25) is 4.79 Å². The Morgan fingerprint density at radius 2 is 1.81 bits per heavy atom. The molecule has 0 radical (unpaired) electrons. The molecular weight excluding hydrogens is 264 g/mol. The van der Waals surface area contributed by atoms with Crippen molar-refractivity contribution in [3.8, 4) is 0 Å². The third-order valence-corrected chi connectivity index (χ3v) is 4.18. The average Bonchev–Trinajstić information content (AvgIpc) is 2.45. The van der Waals surface area contributed by atoms with E-state index in [9.17, 15) is 4.79 Å². The van der Waals surface area contributed by atoms with Crippen LogP contribution in [0.2, 0.25) is 0 Å². The molecule has 0 aromatic heterocycles. The van der Waals surface area contributed by atoms with Crippen LogP contribution in [0.15, 0.2) is 0 Å². The topological polar surface area (TPSA) is 41.6 Å². The summed E-state index contributed by atoms with van der Waals surface area (Å²) in [6.07, 6.45) is 5.61. The lowest BCUT2D eigenvalue weighted by Crippen LogP contribution is -2.49. The van der Waals surface area contributed by atoms with Gasteiger partial charge in [0.15, 0.2) is 0 Å². The van der Waals surface area contributed by atoms with Gasteiger partial charge in [-0.2, -0.15) is 0 Å². The summed E-state index contributed by atoms with van der Waals surface area (Å²) in [4.78, 5) is 14.5. The lowest BCUT2D eigenvalue weighted by Gasteiger charge is -2.30. The van der Waals surface area contributed by atoms with Crippen molar-refractivity contribution in [3.63, 3.8) is 0 Å². The molecule has 0 bridgehead atoms. The van der Waals surface area contributed by atoms with E-state index in [0.29, 0.717) is 12.6 Å². The maximum atomic E-state index is 12.0. The first-order valence-electron chi connectivity index (χ1n) is 8.51. The van der Waals surface area contributed by atoms with Gasteiger partial charge in [0.1, 0.15) is 5.54 Å². The predicted molar refractivity (Wildman–Crippen MR) is 89.6 cm³/mol. The van der Waals surface area contributed by atoms with Gasteiger partial charge in [0.2, 0.25) is 0 Å². The maximum absolute atomic E-state index is 12.0. The third kappa shape index (κ3) is 7.82. The second-order valence-electron chi connectivity index (χ2n) is 6.24.